The van der Waals surface area contributed by atoms with Crippen molar-refractivity contribution in [3.8, 4) is 0 Å². The van der Waals surface area contributed by atoms with Gasteiger partial charge in [-0.3, -0.25) is 4.98 Å². The van der Waals surface area contributed by atoms with Crippen LogP contribution in [0.25, 0.3) is 10.8 Å². The molecule has 0 saturated heterocycles. The molecule has 0 spiro atoms. The third-order valence-corrected chi connectivity index (χ3v) is 2.87. The molecule has 1 N–H and O–H groups in total. The van der Waals surface area contributed by atoms with Gasteiger partial charge in [0, 0.05) is 17.8 Å². The molecule has 1 heterocycles. The zero-order valence-electron chi connectivity index (χ0n) is 10.6. The van der Waals surface area contributed by atoms with E-state index in [0.717, 1.165) is 19.5 Å². The first-order chi connectivity index (χ1) is 8.27. The van der Waals surface area contributed by atoms with Gasteiger partial charge in [0.05, 0.1) is 0 Å². The van der Waals surface area contributed by atoms with E-state index in [1.54, 1.807) is 0 Å². The van der Waals surface area contributed by atoms with E-state index >= 15 is 0 Å². The summed E-state index contributed by atoms with van der Waals surface area (Å²) in [6, 6.07) is 8.44. The quantitative estimate of drug-likeness (QED) is 0.796. The van der Waals surface area contributed by atoms with Crippen molar-refractivity contribution in [1.29, 1.82) is 0 Å². The van der Waals surface area contributed by atoms with Crippen LogP contribution >= 0.6 is 0 Å². The fraction of sp³-hybridized carbons (Fsp3) is 0.400. The number of nitrogens with zero attached hydrogens (tertiary/aromatic N) is 1. The highest BCUT2D eigenvalue weighted by atomic mass is 14.8. The Labute approximate surface area is 103 Å². The molecule has 0 saturated carbocycles. The van der Waals surface area contributed by atoms with Crippen molar-refractivity contribution in [3.05, 3.63) is 42.2 Å². The van der Waals surface area contributed by atoms with Crippen molar-refractivity contribution in [1.82, 2.24) is 10.3 Å². The Hall–Kier alpha value is -1.41. The normalized spacial score (nSPS) is 11.2. The standard InChI is InChI=1S/C15H20N2/c1-12(2)9-16-8-7-14-11-17-10-13-5-3-4-6-15(13)14/h3-6,10-12,16H,7-9H2,1-2H3. The van der Waals surface area contributed by atoms with Gasteiger partial charge in [-0.1, -0.05) is 38.1 Å². The average molecular weight is 228 g/mol. The Kier molecular flexibility index (Phi) is 4.10. The van der Waals surface area contributed by atoms with Gasteiger partial charge in [0.15, 0.2) is 0 Å². The summed E-state index contributed by atoms with van der Waals surface area (Å²) in [5.41, 5.74) is 1.33. The molecule has 0 amide bonds. The summed E-state index contributed by atoms with van der Waals surface area (Å²) in [4.78, 5) is 4.30. The lowest BCUT2D eigenvalue weighted by atomic mass is 10.1. The van der Waals surface area contributed by atoms with Crippen molar-refractivity contribution in [2.75, 3.05) is 13.1 Å². The average Bonchev–Trinajstić information content (AvgIpc) is 2.34. The number of rotatable bonds is 5. The Bertz CT molecular complexity index is 472. The molecule has 0 unspecified atom stereocenters. The Morgan fingerprint density at radius 3 is 2.82 bits per heavy atom. The molecule has 2 aromatic rings. The zero-order valence-corrected chi connectivity index (χ0v) is 10.6. The molecule has 2 rings (SSSR count). The van der Waals surface area contributed by atoms with Crippen molar-refractivity contribution in [2.24, 2.45) is 5.92 Å². The summed E-state index contributed by atoms with van der Waals surface area (Å²) in [6.45, 7) is 6.56. The molecule has 1 aromatic carbocycles. The second-order valence-electron chi connectivity index (χ2n) is 4.87. The minimum atomic E-state index is 0.709. The molecular formula is C15H20N2. The summed E-state index contributed by atoms with van der Waals surface area (Å²) in [5.74, 6) is 0.709. The SMILES string of the molecule is CC(C)CNCCc1cncc2ccccc12. The van der Waals surface area contributed by atoms with Gasteiger partial charge >= 0.3 is 0 Å². The van der Waals surface area contributed by atoms with Crippen molar-refractivity contribution < 1.29 is 0 Å². The number of nitrogens with one attached hydrogen (secondary N) is 1. The predicted molar refractivity (Wildman–Crippen MR) is 73.2 cm³/mol. The van der Waals surface area contributed by atoms with E-state index in [2.05, 4.69) is 48.4 Å². The second-order valence-corrected chi connectivity index (χ2v) is 4.87. The van der Waals surface area contributed by atoms with E-state index in [0.29, 0.717) is 5.92 Å². The zero-order chi connectivity index (χ0) is 12.1. The summed E-state index contributed by atoms with van der Waals surface area (Å²) in [5, 5.41) is 6.03. The van der Waals surface area contributed by atoms with Crippen LogP contribution in [0, 0.1) is 5.92 Å². The minimum absolute atomic E-state index is 0.709. The highest BCUT2D eigenvalue weighted by molar-refractivity contribution is 5.84. The molecule has 2 heteroatoms. The first-order valence-electron chi connectivity index (χ1n) is 6.29. The number of hydrogen-bond acceptors (Lipinski definition) is 2. The molecule has 0 bridgehead atoms. The van der Waals surface area contributed by atoms with Crippen LogP contribution in [0.3, 0.4) is 0 Å². The van der Waals surface area contributed by atoms with E-state index in [1.807, 2.05) is 12.4 Å². The van der Waals surface area contributed by atoms with Crippen molar-refractivity contribution in [3.63, 3.8) is 0 Å². The van der Waals surface area contributed by atoms with Crippen LogP contribution in [0.4, 0.5) is 0 Å². The summed E-state index contributed by atoms with van der Waals surface area (Å²) >= 11 is 0. The molecule has 2 nitrogen and oxygen atoms in total. The Morgan fingerprint density at radius 1 is 1.18 bits per heavy atom. The van der Waals surface area contributed by atoms with Crippen LogP contribution in [0.5, 0.6) is 0 Å². The molecule has 0 aliphatic carbocycles. The largest absolute Gasteiger partial charge is 0.316 e. The van der Waals surface area contributed by atoms with E-state index in [9.17, 15) is 0 Å². The number of pyridine rings is 1. The van der Waals surface area contributed by atoms with Crippen LogP contribution in [-0.2, 0) is 6.42 Å². The maximum atomic E-state index is 4.30. The lowest BCUT2D eigenvalue weighted by molar-refractivity contribution is 0.554. The predicted octanol–water partition coefficient (Wildman–Crippen LogP) is 3.02. The monoisotopic (exact) mass is 228 g/mol. The Morgan fingerprint density at radius 2 is 2.00 bits per heavy atom. The van der Waals surface area contributed by atoms with Crippen LogP contribution in [0.2, 0.25) is 0 Å². The fourth-order valence-corrected chi connectivity index (χ4v) is 1.99. The van der Waals surface area contributed by atoms with Gasteiger partial charge in [-0.05, 0) is 36.4 Å². The highest BCUT2D eigenvalue weighted by Gasteiger charge is 2.00. The summed E-state index contributed by atoms with van der Waals surface area (Å²) in [7, 11) is 0. The van der Waals surface area contributed by atoms with Crippen molar-refractivity contribution in [2.45, 2.75) is 20.3 Å². The van der Waals surface area contributed by atoms with E-state index < -0.39 is 0 Å². The number of fused-ring (bicyclic) bond motifs is 1. The summed E-state index contributed by atoms with van der Waals surface area (Å²) < 4.78 is 0. The second kappa shape index (κ2) is 5.78. The first kappa shape index (κ1) is 12.1. The van der Waals surface area contributed by atoms with Gasteiger partial charge in [-0.15, -0.1) is 0 Å². The number of benzene rings is 1. The molecule has 0 atom stereocenters. The molecule has 0 fully saturated rings. The van der Waals surface area contributed by atoms with Crippen LogP contribution < -0.4 is 5.32 Å². The number of aromatic nitrogens is 1. The van der Waals surface area contributed by atoms with Gasteiger partial charge in [-0.2, -0.15) is 0 Å². The van der Waals surface area contributed by atoms with E-state index in [1.165, 1.54) is 16.3 Å². The highest BCUT2D eigenvalue weighted by Crippen LogP contribution is 2.16. The third-order valence-electron chi connectivity index (χ3n) is 2.87. The van der Waals surface area contributed by atoms with Crippen LogP contribution in [0.1, 0.15) is 19.4 Å². The van der Waals surface area contributed by atoms with Crippen LogP contribution in [-0.4, -0.2) is 18.1 Å². The topological polar surface area (TPSA) is 24.9 Å². The third kappa shape index (κ3) is 3.27. The molecule has 0 aliphatic rings. The van der Waals surface area contributed by atoms with Gasteiger partial charge in [-0.25, -0.2) is 0 Å². The van der Waals surface area contributed by atoms with E-state index in [4.69, 9.17) is 0 Å². The fourth-order valence-electron chi connectivity index (χ4n) is 1.99. The maximum Gasteiger partial charge on any atom is 0.0346 e. The Balaban J connectivity index is 2.03. The van der Waals surface area contributed by atoms with Crippen molar-refractivity contribution >= 4 is 10.8 Å². The van der Waals surface area contributed by atoms with Crippen LogP contribution in [0.15, 0.2) is 36.7 Å². The van der Waals surface area contributed by atoms with Gasteiger partial charge in [0.2, 0.25) is 0 Å². The molecule has 1 aromatic heterocycles. The molecule has 0 radical (unpaired) electrons. The molecule has 90 valence electrons. The minimum Gasteiger partial charge on any atom is -0.316 e. The summed E-state index contributed by atoms with van der Waals surface area (Å²) in [6.07, 6.45) is 4.96. The molecule has 17 heavy (non-hydrogen) atoms. The first-order valence-corrected chi connectivity index (χ1v) is 6.29. The lowest BCUT2D eigenvalue weighted by Crippen LogP contribution is -2.22. The van der Waals surface area contributed by atoms with Gasteiger partial charge in [0.25, 0.3) is 0 Å². The van der Waals surface area contributed by atoms with Gasteiger partial charge in [0.1, 0.15) is 0 Å². The molecular weight excluding hydrogens is 208 g/mol. The lowest BCUT2D eigenvalue weighted by Gasteiger charge is -2.08. The van der Waals surface area contributed by atoms with Gasteiger partial charge < -0.3 is 5.32 Å². The molecule has 0 aliphatic heterocycles. The number of hydrogen-bond donors (Lipinski definition) is 1. The smallest absolute Gasteiger partial charge is 0.0346 e. The maximum absolute atomic E-state index is 4.30. The van der Waals surface area contributed by atoms with E-state index in [-0.39, 0.29) is 0 Å².